The standard InChI is InChI=1S/C8H9BrFNO2S/c1-6-2-3-7(10)4-8(6)11-14(12,13)5-9/h2-4,11H,5H2,1H3. The van der Waals surface area contributed by atoms with Gasteiger partial charge in [0.05, 0.1) is 5.69 Å². The quantitative estimate of drug-likeness (QED) is 0.864. The van der Waals surface area contributed by atoms with E-state index in [1.165, 1.54) is 12.1 Å². The number of aryl methyl sites for hydroxylation is 1. The van der Waals surface area contributed by atoms with Crippen molar-refractivity contribution in [2.45, 2.75) is 6.92 Å². The average Bonchev–Trinajstić information content (AvgIpc) is 2.11. The second kappa shape index (κ2) is 4.27. The van der Waals surface area contributed by atoms with E-state index in [-0.39, 0.29) is 10.3 Å². The van der Waals surface area contributed by atoms with Crippen LogP contribution in [0.3, 0.4) is 0 Å². The monoisotopic (exact) mass is 281 g/mol. The van der Waals surface area contributed by atoms with Gasteiger partial charge >= 0.3 is 0 Å². The third-order valence-electron chi connectivity index (χ3n) is 1.61. The van der Waals surface area contributed by atoms with Gasteiger partial charge in [-0.05, 0) is 24.6 Å². The fourth-order valence-corrected chi connectivity index (χ4v) is 1.85. The predicted molar refractivity (Wildman–Crippen MR) is 57.5 cm³/mol. The molecule has 0 spiro atoms. The summed E-state index contributed by atoms with van der Waals surface area (Å²) in [4.78, 5) is 0. The molecule has 0 unspecified atom stereocenters. The minimum absolute atomic E-state index is 0.212. The van der Waals surface area contributed by atoms with Gasteiger partial charge in [-0.1, -0.05) is 22.0 Å². The zero-order valence-corrected chi connectivity index (χ0v) is 9.82. The van der Waals surface area contributed by atoms with Crippen LogP contribution in [0.2, 0.25) is 0 Å². The van der Waals surface area contributed by atoms with Gasteiger partial charge in [0.15, 0.2) is 0 Å². The zero-order chi connectivity index (χ0) is 10.8. The fraction of sp³-hybridized carbons (Fsp3) is 0.250. The molecule has 0 aliphatic heterocycles. The van der Waals surface area contributed by atoms with Gasteiger partial charge in [-0.25, -0.2) is 12.8 Å². The van der Waals surface area contributed by atoms with E-state index >= 15 is 0 Å². The lowest BCUT2D eigenvalue weighted by Gasteiger charge is -2.08. The molecule has 0 aliphatic rings. The highest BCUT2D eigenvalue weighted by molar-refractivity contribution is 9.10. The minimum Gasteiger partial charge on any atom is -0.282 e. The number of hydrogen-bond donors (Lipinski definition) is 1. The first-order chi connectivity index (χ1) is 6.44. The highest BCUT2D eigenvalue weighted by Gasteiger charge is 2.09. The number of sulfonamides is 1. The molecule has 0 amide bonds. The topological polar surface area (TPSA) is 46.2 Å². The van der Waals surface area contributed by atoms with Crippen LogP contribution in [0.4, 0.5) is 10.1 Å². The number of benzene rings is 1. The number of anilines is 1. The zero-order valence-electron chi connectivity index (χ0n) is 7.42. The summed E-state index contributed by atoms with van der Waals surface area (Å²) < 4.78 is 37.1. The Labute approximate surface area is 90.5 Å². The summed E-state index contributed by atoms with van der Waals surface area (Å²) in [5.41, 5.74) is 0.945. The third-order valence-corrected chi connectivity index (χ3v) is 4.24. The second-order valence-electron chi connectivity index (χ2n) is 2.79. The van der Waals surface area contributed by atoms with Gasteiger partial charge in [-0.2, -0.15) is 0 Å². The summed E-state index contributed by atoms with van der Waals surface area (Å²) in [6.07, 6.45) is 0. The summed E-state index contributed by atoms with van der Waals surface area (Å²) in [6, 6.07) is 3.94. The molecular formula is C8H9BrFNO2S. The first kappa shape index (κ1) is 11.5. The Balaban J connectivity index is 3.03. The molecule has 0 radical (unpaired) electrons. The van der Waals surface area contributed by atoms with Crippen molar-refractivity contribution in [2.24, 2.45) is 0 Å². The Morgan fingerprint density at radius 2 is 2.14 bits per heavy atom. The van der Waals surface area contributed by atoms with Gasteiger partial charge < -0.3 is 0 Å². The fourth-order valence-electron chi connectivity index (χ4n) is 0.899. The number of rotatable bonds is 3. The second-order valence-corrected chi connectivity index (χ2v) is 5.81. The molecule has 0 fully saturated rings. The van der Waals surface area contributed by atoms with Gasteiger partial charge in [-0.15, -0.1) is 0 Å². The SMILES string of the molecule is Cc1ccc(F)cc1NS(=O)(=O)CBr. The normalized spacial score (nSPS) is 11.4. The van der Waals surface area contributed by atoms with Crippen LogP contribution in [0.1, 0.15) is 5.56 Å². The molecular weight excluding hydrogens is 273 g/mol. The van der Waals surface area contributed by atoms with Crippen LogP contribution in [0.25, 0.3) is 0 Å². The predicted octanol–water partition coefficient (Wildman–Crippen LogP) is 2.23. The summed E-state index contributed by atoms with van der Waals surface area (Å²) in [5, 5.41) is 0. The molecule has 0 heterocycles. The Hall–Kier alpha value is -0.620. The summed E-state index contributed by atoms with van der Waals surface area (Å²) in [6.45, 7) is 1.70. The van der Waals surface area contributed by atoms with E-state index in [1.54, 1.807) is 6.92 Å². The van der Waals surface area contributed by atoms with Crippen LogP contribution in [0.5, 0.6) is 0 Å². The lowest BCUT2D eigenvalue weighted by Crippen LogP contribution is -2.14. The first-order valence-corrected chi connectivity index (χ1v) is 6.54. The van der Waals surface area contributed by atoms with Crippen LogP contribution in [0.15, 0.2) is 18.2 Å². The molecule has 0 aromatic heterocycles. The Kier molecular flexibility index (Phi) is 3.49. The smallest absolute Gasteiger partial charge is 0.242 e. The van der Waals surface area contributed by atoms with E-state index in [2.05, 4.69) is 20.7 Å². The molecule has 3 nitrogen and oxygen atoms in total. The number of nitrogens with one attached hydrogen (secondary N) is 1. The summed E-state index contributed by atoms with van der Waals surface area (Å²) in [7, 11) is -3.41. The van der Waals surface area contributed by atoms with E-state index in [0.29, 0.717) is 5.56 Å². The van der Waals surface area contributed by atoms with E-state index in [1.807, 2.05) is 0 Å². The molecule has 1 rings (SSSR count). The van der Waals surface area contributed by atoms with Crippen molar-refractivity contribution in [2.75, 3.05) is 9.38 Å². The third kappa shape index (κ3) is 2.95. The molecule has 0 atom stereocenters. The van der Waals surface area contributed by atoms with Crippen molar-refractivity contribution in [3.05, 3.63) is 29.6 Å². The molecule has 1 aromatic rings. The molecule has 78 valence electrons. The molecule has 1 aromatic carbocycles. The minimum atomic E-state index is -3.41. The maximum atomic E-state index is 12.8. The summed E-state index contributed by atoms with van der Waals surface area (Å²) >= 11 is 2.83. The van der Waals surface area contributed by atoms with Crippen molar-refractivity contribution < 1.29 is 12.8 Å². The Morgan fingerprint density at radius 1 is 1.50 bits per heavy atom. The summed E-state index contributed by atoms with van der Waals surface area (Å²) in [5.74, 6) is -0.470. The van der Waals surface area contributed by atoms with Gasteiger partial charge in [0.25, 0.3) is 0 Å². The Morgan fingerprint density at radius 3 is 2.71 bits per heavy atom. The molecule has 0 aliphatic carbocycles. The van der Waals surface area contributed by atoms with Gasteiger partial charge in [-0.3, -0.25) is 4.72 Å². The highest BCUT2D eigenvalue weighted by atomic mass is 79.9. The lowest BCUT2D eigenvalue weighted by atomic mass is 10.2. The van der Waals surface area contributed by atoms with E-state index in [9.17, 15) is 12.8 Å². The molecule has 6 heteroatoms. The van der Waals surface area contributed by atoms with Crippen LogP contribution >= 0.6 is 15.9 Å². The van der Waals surface area contributed by atoms with Crippen LogP contribution in [-0.2, 0) is 10.0 Å². The lowest BCUT2D eigenvalue weighted by molar-refractivity contribution is 0.605. The van der Waals surface area contributed by atoms with E-state index in [0.717, 1.165) is 6.07 Å². The van der Waals surface area contributed by atoms with E-state index < -0.39 is 15.8 Å². The van der Waals surface area contributed by atoms with E-state index in [4.69, 9.17) is 0 Å². The molecule has 0 saturated carbocycles. The number of halogens is 2. The van der Waals surface area contributed by atoms with Gasteiger partial charge in [0.2, 0.25) is 10.0 Å². The van der Waals surface area contributed by atoms with Crippen LogP contribution in [0, 0.1) is 12.7 Å². The molecule has 14 heavy (non-hydrogen) atoms. The van der Waals surface area contributed by atoms with Crippen molar-refractivity contribution >= 4 is 31.6 Å². The van der Waals surface area contributed by atoms with Crippen LogP contribution < -0.4 is 4.72 Å². The van der Waals surface area contributed by atoms with Gasteiger partial charge in [0, 0.05) is 0 Å². The van der Waals surface area contributed by atoms with Crippen molar-refractivity contribution in [1.29, 1.82) is 0 Å². The number of hydrogen-bond acceptors (Lipinski definition) is 2. The highest BCUT2D eigenvalue weighted by Crippen LogP contribution is 2.17. The van der Waals surface area contributed by atoms with Crippen molar-refractivity contribution in [1.82, 2.24) is 0 Å². The number of alkyl halides is 1. The molecule has 0 saturated heterocycles. The van der Waals surface area contributed by atoms with Gasteiger partial charge in [0.1, 0.15) is 10.5 Å². The molecule has 1 N–H and O–H groups in total. The molecule has 0 bridgehead atoms. The van der Waals surface area contributed by atoms with Crippen molar-refractivity contribution in [3.8, 4) is 0 Å². The first-order valence-electron chi connectivity index (χ1n) is 3.77. The van der Waals surface area contributed by atoms with Crippen LogP contribution in [-0.4, -0.2) is 13.1 Å². The maximum absolute atomic E-state index is 12.8. The maximum Gasteiger partial charge on any atom is 0.242 e. The van der Waals surface area contributed by atoms with Crippen molar-refractivity contribution in [3.63, 3.8) is 0 Å². The largest absolute Gasteiger partial charge is 0.282 e. The Bertz CT molecular complexity index is 433. The average molecular weight is 282 g/mol.